The van der Waals surface area contributed by atoms with Gasteiger partial charge in [0.1, 0.15) is 0 Å². The summed E-state index contributed by atoms with van der Waals surface area (Å²) < 4.78 is 0. The van der Waals surface area contributed by atoms with Gasteiger partial charge in [0.05, 0.1) is 0 Å². The molecule has 3 heteroatoms. The maximum atomic E-state index is 5.51. The molecule has 1 aromatic rings. The van der Waals surface area contributed by atoms with Gasteiger partial charge in [0.15, 0.2) is 0 Å². The summed E-state index contributed by atoms with van der Waals surface area (Å²) in [5.74, 6) is 0. The van der Waals surface area contributed by atoms with E-state index in [2.05, 4.69) is 22.8 Å². The fraction of sp³-hybridized carbons (Fsp3) is 0.333. The molecule has 1 N–H and O–H groups in total. The van der Waals surface area contributed by atoms with Crippen molar-refractivity contribution < 1.29 is 0 Å². The van der Waals surface area contributed by atoms with Crippen molar-refractivity contribution in [2.24, 2.45) is 0 Å². The molecule has 0 aromatic carbocycles. The van der Waals surface area contributed by atoms with Crippen LogP contribution in [0.2, 0.25) is 0 Å². The molecule has 0 saturated heterocycles. The van der Waals surface area contributed by atoms with E-state index < -0.39 is 0 Å². The van der Waals surface area contributed by atoms with Gasteiger partial charge in [-0.1, -0.05) is 17.7 Å². The molecule has 66 valence electrons. The second-order valence-corrected chi connectivity index (χ2v) is 3.89. The van der Waals surface area contributed by atoms with Gasteiger partial charge in [-0.2, -0.15) is 0 Å². The Morgan fingerprint density at radius 3 is 3.17 bits per heavy atom. The first-order valence-electron chi connectivity index (χ1n) is 3.82. The Kier molecular flexibility index (Phi) is 4.36. The maximum Gasteiger partial charge on any atom is 0.0302 e. The van der Waals surface area contributed by atoms with Gasteiger partial charge in [0, 0.05) is 23.5 Å². The molecule has 0 fully saturated rings. The molecule has 0 saturated carbocycles. The first kappa shape index (κ1) is 9.78. The molecule has 0 radical (unpaired) electrons. The lowest BCUT2D eigenvalue weighted by Gasteiger charge is -2.01. The molecule has 0 amide bonds. The first-order valence-corrected chi connectivity index (χ1v) is 5.13. The highest BCUT2D eigenvalue weighted by Gasteiger charge is 1.92. The van der Waals surface area contributed by atoms with Crippen molar-refractivity contribution in [3.63, 3.8) is 0 Å². The Morgan fingerprint density at radius 2 is 2.58 bits per heavy atom. The predicted molar refractivity (Wildman–Crippen MR) is 55.6 cm³/mol. The summed E-state index contributed by atoms with van der Waals surface area (Å²) in [6.07, 6.45) is 0. The summed E-state index contributed by atoms with van der Waals surface area (Å²) in [4.78, 5) is 1.36. The van der Waals surface area contributed by atoms with Gasteiger partial charge in [-0.05, 0) is 23.9 Å². The van der Waals surface area contributed by atoms with Crippen LogP contribution in [-0.4, -0.2) is 6.54 Å². The van der Waals surface area contributed by atoms with Crippen molar-refractivity contribution in [1.82, 2.24) is 5.32 Å². The van der Waals surface area contributed by atoms with Crippen LogP contribution in [0.3, 0.4) is 0 Å². The number of nitrogens with one attached hydrogen (secondary N) is 1. The van der Waals surface area contributed by atoms with Gasteiger partial charge >= 0.3 is 0 Å². The van der Waals surface area contributed by atoms with Crippen LogP contribution in [0.1, 0.15) is 11.8 Å². The van der Waals surface area contributed by atoms with Crippen molar-refractivity contribution >= 4 is 22.9 Å². The van der Waals surface area contributed by atoms with E-state index in [1.165, 1.54) is 4.88 Å². The SMILES string of the molecule is C/C(=C/Cl)CNCc1cccs1. The highest BCUT2D eigenvalue weighted by Crippen LogP contribution is 2.07. The second kappa shape index (κ2) is 5.36. The van der Waals surface area contributed by atoms with E-state index in [9.17, 15) is 0 Å². The molecule has 1 nitrogen and oxygen atoms in total. The molecule has 0 unspecified atom stereocenters. The van der Waals surface area contributed by atoms with Crippen LogP contribution in [0, 0.1) is 0 Å². The van der Waals surface area contributed by atoms with E-state index in [0.717, 1.165) is 18.7 Å². The molecule has 1 aromatic heterocycles. The summed E-state index contributed by atoms with van der Waals surface area (Å²) >= 11 is 7.28. The Labute approximate surface area is 82.1 Å². The van der Waals surface area contributed by atoms with E-state index in [4.69, 9.17) is 11.6 Å². The standard InChI is InChI=1S/C9H12ClNS/c1-8(5-10)6-11-7-9-3-2-4-12-9/h2-5,11H,6-7H2,1H3/b8-5-. The molecule has 0 aliphatic carbocycles. The van der Waals surface area contributed by atoms with Gasteiger partial charge in [-0.15, -0.1) is 11.3 Å². The summed E-state index contributed by atoms with van der Waals surface area (Å²) in [6, 6.07) is 4.18. The zero-order chi connectivity index (χ0) is 8.81. The second-order valence-electron chi connectivity index (χ2n) is 2.64. The Balaban J connectivity index is 2.19. The van der Waals surface area contributed by atoms with Crippen molar-refractivity contribution in [3.05, 3.63) is 33.5 Å². The van der Waals surface area contributed by atoms with Crippen molar-refractivity contribution in [2.75, 3.05) is 6.54 Å². The minimum absolute atomic E-state index is 0.863. The van der Waals surface area contributed by atoms with Crippen LogP contribution in [0.5, 0.6) is 0 Å². The highest BCUT2D eigenvalue weighted by atomic mass is 35.5. The summed E-state index contributed by atoms with van der Waals surface area (Å²) in [5.41, 5.74) is 2.77. The number of hydrogen-bond acceptors (Lipinski definition) is 2. The van der Waals surface area contributed by atoms with Crippen LogP contribution in [0.4, 0.5) is 0 Å². The van der Waals surface area contributed by atoms with Crippen LogP contribution < -0.4 is 5.32 Å². The van der Waals surface area contributed by atoms with Gasteiger partial charge in [-0.3, -0.25) is 0 Å². The normalized spacial score (nSPS) is 12.0. The number of halogens is 1. The average molecular weight is 202 g/mol. The molecule has 12 heavy (non-hydrogen) atoms. The Morgan fingerprint density at radius 1 is 1.75 bits per heavy atom. The van der Waals surface area contributed by atoms with Crippen LogP contribution >= 0.6 is 22.9 Å². The summed E-state index contributed by atoms with van der Waals surface area (Å²) in [6.45, 7) is 3.80. The number of rotatable bonds is 4. The maximum absolute atomic E-state index is 5.51. The topological polar surface area (TPSA) is 12.0 Å². The molecular weight excluding hydrogens is 190 g/mol. The van der Waals surface area contributed by atoms with E-state index in [1.54, 1.807) is 16.9 Å². The molecule has 1 rings (SSSR count). The van der Waals surface area contributed by atoms with E-state index in [1.807, 2.05) is 6.92 Å². The van der Waals surface area contributed by atoms with Gasteiger partial charge in [0.2, 0.25) is 0 Å². The predicted octanol–water partition coefficient (Wildman–Crippen LogP) is 2.98. The van der Waals surface area contributed by atoms with Gasteiger partial charge < -0.3 is 5.32 Å². The largest absolute Gasteiger partial charge is 0.308 e. The highest BCUT2D eigenvalue weighted by molar-refractivity contribution is 7.09. The fourth-order valence-electron chi connectivity index (χ4n) is 0.835. The summed E-state index contributed by atoms with van der Waals surface area (Å²) in [5, 5.41) is 5.38. The van der Waals surface area contributed by atoms with E-state index in [0.29, 0.717) is 0 Å². The quantitative estimate of drug-likeness (QED) is 0.790. The third-order valence-corrected chi connectivity index (χ3v) is 2.72. The van der Waals surface area contributed by atoms with Gasteiger partial charge in [0.25, 0.3) is 0 Å². The Hall–Kier alpha value is -0.310. The number of hydrogen-bond donors (Lipinski definition) is 1. The monoisotopic (exact) mass is 201 g/mol. The fourth-order valence-corrected chi connectivity index (χ4v) is 1.59. The molecule has 0 aliphatic rings. The molecule has 0 spiro atoms. The zero-order valence-electron chi connectivity index (χ0n) is 7.01. The number of thiophene rings is 1. The molecule has 0 aliphatic heterocycles. The average Bonchev–Trinajstić information content (AvgIpc) is 2.57. The molecular formula is C9H12ClNS. The summed E-state index contributed by atoms with van der Waals surface area (Å²) in [7, 11) is 0. The zero-order valence-corrected chi connectivity index (χ0v) is 8.58. The van der Waals surface area contributed by atoms with Gasteiger partial charge in [-0.25, -0.2) is 0 Å². The Bertz CT molecular complexity index is 241. The molecule has 1 heterocycles. The van der Waals surface area contributed by atoms with E-state index >= 15 is 0 Å². The van der Waals surface area contributed by atoms with Crippen LogP contribution in [0.25, 0.3) is 0 Å². The van der Waals surface area contributed by atoms with Crippen molar-refractivity contribution in [3.8, 4) is 0 Å². The van der Waals surface area contributed by atoms with Crippen molar-refractivity contribution in [1.29, 1.82) is 0 Å². The minimum atomic E-state index is 0.863. The minimum Gasteiger partial charge on any atom is -0.308 e. The lowest BCUT2D eigenvalue weighted by atomic mass is 10.3. The third-order valence-electron chi connectivity index (χ3n) is 1.47. The lowest BCUT2D eigenvalue weighted by molar-refractivity contribution is 0.749. The van der Waals surface area contributed by atoms with Crippen molar-refractivity contribution in [2.45, 2.75) is 13.5 Å². The smallest absolute Gasteiger partial charge is 0.0302 e. The van der Waals surface area contributed by atoms with Crippen LogP contribution in [0.15, 0.2) is 28.6 Å². The van der Waals surface area contributed by atoms with Crippen LogP contribution in [-0.2, 0) is 6.54 Å². The first-order chi connectivity index (χ1) is 5.83. The molecule has 0 bridgehead atoms. The molecule has 0 atom stereocenters. The lowest BCUT2D eigenvalue weighted by Crippen LogP contribution is -2.14. The van der Waals surface area contributed by atoms with E-state index in [-0.39, 0.29) is 0 Å². The third kappa shape index (κ3) is 3.39.